The largest absolute Gasteiger partial charge is 0.482 e. The second-order valence-electron chi connectivity index (χ2n) is 4.66. The van der Waals surface area contributed by atoms with E-state index in [0.717, 1.165) is 32.7 Å². The number of halogens is 2. The maximum atomic E-state index is 11.7. The van der Waals surface area contributed by atoms with E-state index in [1.54, 1.807) is 12.1 Å². The number of carbonyl (C=O) groups excluding carboxylic acids is 1. The number of carbonyl (C=O) groups is 1. The van der Waals surface area contributed by atoms with Crippen LogP contribution in [0.3, 0.4) is 0 Å². The molecule has 118 valence electrons. The van der Waals surface area contributed by atoms with Crippen molar-refractivity contribution >= 4 is 29.9 Å². The summed E-state index contributed by atoms with van der Waals surface area (Å²) in [5.41, 5.74) is 0. The first kappa shape index (κ1) is 18.0. The molecule has 1 aromatic rings. The van der Waals surface area contributed by atoms with Crippen LogP contribution in [0.1, 0.15) is 0 Å². The van der Waals surface area contributed by atoms with E-state index in [0.29, 0.717) is 17.3 Å². The fourth-order valence-corrected chi connectivity index (χ4v) is 2.23. The van der Waals surface area contributed by atoms with Gasteiger partial charge in [-0.3, -0.25) is 9.69 Å². The third kappa shape index (κ3) is 6.52. The molecule has 0 spiro atoms. The number of piperazine rings is 1. The molecule has 0 bridgehead atoms. The number of hydrogen-bond donors (Lipinski definition) is 2. The second kappa shape index (κ2) is 9.84. The lowest BCUT2D eigenvalue weighted by atomic mass is 10.3. The van der Waals surface area contributed by atoms with Crippen molar-refractivity contribution < 1.29 is 9.53 Å². The van der Waals surface area contributed by atoms with E-state index in [4.69, 9.17) is 16.3 Å². The summed E-state index contributed by atoms with van der Waals surface area (Å²) in [5, 5.41) is 6.66. The Morgan fingerprint density at radius 1 is 1.33 bits per heavy atom. The lowest BCUT2D eigenvalue weighted by Gasteiger charge is -2.27. The Labute approximate surface area is 136 Å². The SMILES string of the molecule is Cl.O=C(COc1ccccc1Cl)NCCN1CCNCC1. The Kier molecular flexibility index (Phi) is 8.45. The molecule has 2 rings (SSSR count). The third-order valence-corrected chi connectivity index (χ3v) is 3.47. The van der Waals surface area contributed by atoms with Gasteiger partial charge in [-0.05, 0) is 12.1 Å². The van der Waals surface area contributed by atoms with Crippen molar-refractivity contribution in [1.82, 2.24) is 15.5 Å². The van der Waals surface area contributed by atoms with E-state index in [-0.39, 0.29) is 24.9 Å². The lowest BCUT2D eigenvalue weighted by molar-refractivity contribution is -0.123. The van der Waals surface area contributed by atoms with Crippen LogP contribution < -0.4 is 15.4 Å². The molecule has 0 aliphatic carbocycles. The number of benzene rings is 1. The second-order valence-corrected chi connectivity index (χ2v) is 5.07. The molecule has 1 aromatic carbocycles. The molecule has 7 heteroatoms. The molecule has 1 heterocycles. The van der Waals surface area contributed by atoms with Crippen LogP contribution in [0.25, 0.3) is 0 Å². The summed E-state index contributed by atoms with van der Waals surface area (Å²) >= 11 is 5.94. The highest BCUT2D eigenvalue weighted by atomic mass is 35.5. The molecular weight excluding hydrogens is 313 g/mol. The average Bonchev–Trinajstić information content (AvgIpc) is 2.47. The van der Waals surface area contributed by atoms with Crippen molar-refractivity contribution in [3.8, 4) is 5.75 Å². The molecule has 0 saturated carbocycles. The van der Waals surface area contributed by atoms with Crippen molar-refractivity contribution in [1.29, 1.82) is 0 Å². The predicted octanol–water partition coefficient (Wildman–Crippen LogP) is 1.16. The molecule has 1 aliphatic heterocycles. The highest BCUT2D eigenvalue weighted by Gasteiger charge is 2.10. The molecule has 1 amide bonds. The van der Waals surface area contributed by atoms with Crippen LogP contribution in [0, 0.1) is 0 Å². The van der Waals surface area contributed by atoms with Gasteiger partial charge in [0.05, 0.1) is 5.02 Å². The van der Waals surface area contributed by atoms with Gasteiger partial charge < -0.3 is 15.4 Å². The fraction of sp³-hybridized carbons (Fsp3) is 0.500. The molecule has 0 atom stereocenters. The van der Waals surface area contributed by atoms with Gasteiger partial charge >= 0.3 is 0 Å². The Morgan fingerprint density at radius 2 is 2.05 bits per heavy atom. The quantitative estimate of drug-likeness (QED) is 0.820. The van der Waals surface area contributed by atoms with Gasteiger partial charge in [-0.25, -0.2) is 0 Å². The Balaban J connectivity index is 0.00000220. The zero-order valence-electron chi connectivity index (χ0n) is 11.8. The lowest BCUT2D eigenvalue weighted by Crippen LogP contribution is -2.46. The summed E-state index contributed by atoms with van der Waals surface area (Å²) in [5.74, 6) is 0.409. The Morgan fingerprint density at radius 3 is 2.76 bits per heavy atom. The van der Waals surface area contributed by atoms with Crippen LogP contribution in [-0.4, -0.2) is 56.7 Å². The molecule has 21 heavy (non-hydrogen) atoms. The minimum absolute atomic E-state index is 0. The molecule has 0 unspecified atom stereocenters. The topological polar surface area (TPSA) is 53.6 Å². The first-order valence-corrected chi connectivity index (χ1v) is 7.20. The Hall–Kier alpha value is -1.01. The van der Waals surface area contributed by atoms with Crippen LogP contribution in [0.2, 0.25) is 5.02 Å². The van der Waals surface area contributed by atoms with Crippen molar-refractivity contribution in [2.75, 3.05) is 45.9 Å². The van der Waals surface area contributed by atoms with Gasteiger partial charge in [0.1, 0.15) is 5.75 Å². The zero-order chi connectivity index (χ0) is 14.2. The maximum absolute atomic E-state index is 11.7. The molecule has 1 saturated heterocycles. The Bertz CT molecular complexity index is 440. The minimum Gasteiger partial charge on any atom is -0.482 e. The fourth-order valence-electron chi connectivity index (χ4n) is 2.04. The molecule has 1 aliphatic rings. The minimum atomic E-state index is -0.125. The smallest absolute Gasteiger partial charge is 0.257 e. The summed E-state index contributed by atoms with van der Waals surface area (Å²) in [7, 11) is 0. The van der Waals surface area contributed by atoms with Crippen molar-refractivity contribution in [3.05, 3.63) is 29.3 Å². The van der Waals surface area contributed by atoms with E-state index < -0.39 is 0 Å². The maximum Gasteiger partial charge on any atom is 0.257 e. The standard InChI is InChI=1S/C14H20ClN3O2.ClH/c15-12-3-1-2-4-13(12)20-11-14(19)17-7-10-18-8-5-16-6-9-18;/h1-4,16H,5-11H2,(H,17,19);1H. The van der Waals surface area contributed by atoms with E-state index >= 15 is 0 Å². The summed E-state index contributed by atoms with van der Waals surface area (Å²) in [6.07, 6.45) is 0. The number of nitrogens with zero attached hydrogens (tertiary/aromatic N) is 1. The number of hydrogen-bond acceptors (Lipinski definition) is 4. The first-order chi connectivity index (χ1) is 9.75. The summed E-state index contributed by atoms with van der Waals surface area (Å²) in [4.78, 5) is 14.0. The van der Waals surface area contributed by atoms with Gasteiger partial charge in [-0.2, -0.15) is 0 Å². The van der Waals surface area contributed by atoms with Crippen molar-refractivity contribution in [2.24, 2.45) is 0 Å². The van der Waals surface area contributed by atoms with Gasteiger partial charge in [-0.15, -0.1) is 12.4 Å². The zero-order valence-corrected chi connectivity index (χ0v) is 13.4. The average molecular weight is 334 g/mol. The predicted molar refractivity (Wildman–Crippen MR) is 86.5 cm³/mol. The van der Waals surface area contributed by atoms with Gasteiger partial charge in [0, 0.05) is 39.3 Å². The van der Waals surface area contributed by atoms with Gasteiger partial charge in [0.2, 0.25) is 0 Å². The van der Waals surface area contributed by atoms with Crippen LogP contribution >= 0.6 is 24.0 Å². The number of para-hydroxylation sites is 1. The monoisotopic (exact) mass is 333 g/mol. The number of ether oxygens (including phenoxy) is 1. The molecule has 1 fully saturated rings. The first-order valence-electron chi connectivity index (χ1n) is 6.83. The van der Waals surface area contributed by atoms with Crippen LogP contribution in [0.15, 0.2) is 24.3 Å². The van der Waals surface area contributed by atoms with Gasteiger partial charge in [-0.1, -0.05) is 23.7 Å². The number of amides is 1. The summed E-state index contributed by atoms with van der Waals surface area (Å²) in [6.45, 7) is 5.61. The van der Waals surface area contributed by atoms with Crippen LogP contribution in [-0.2, 0) is 4.79 Å². The molecule has 5 nitrogen and oxygen atoms in total. The molecular formula is C14H21Cl2N3O2. The third-order valence-electron chi connectivity index (χ3n) is 3.16. The van der Waals surface area contributed by atoms with Gasteiger partial charge in [0.25, 0.3) is 5.91 Å². The highest BCUT2D eigenvalue weighted by Crippen LogP contribution is 2.22. The molecule has 0 radical (unpaired) electrons. The van der Waals surface area contributed by atoms with Crippen molar-refractivity contribution in [3.63, 3.8) is 0 Å². The van der Waals surface area contributed by atoms with Crippen molar-refractivity contribution in [2.45, 2.75) is 0 Å². The highest BCUT2D eigenvalue weighted by molar-refractivity contribution is 6.32. The molecule has 0 aromatic heterocycles. The normalized spacial score (nSPS) is 15.1. The summed E-state index contributed by atoms with van der Waals surface area (Å²) in [6, 6.07) is 7.13. The number of rotatable bonds is 6. The van der Waals surface area contributed by atoms with Crippen LogP contribution in [0.5, 0.6) is 5.75 Å². The van der Waals surface area contributed by atoms with E-state index in [2.05, 4.69) is 15.5 Å². The summed E-state index contributed by atoms with van der Waals surface area (Å²) < 4.78 is 5.37. The molecule has 2 N–H and O–H groups in total. The van der Waals surface area contributed by atoms with E-state index in [1.807, 2.05) is 12.1 Å². The van der Waals surface area contributed by atoms with Crippen LogP contribution in [0.4, 0.5) is 0 Å². The van der Waals surface area contributed by atoms with Gasteiger partial charge in [0.15, 0.2) is 6.61 Å². The van der Waals surface area contributed by atoms with E-state index in [9.17, 15) is 4.79 Å². The number of nitrogens with one attached hydrogen (secondary N) is 2. The van der Waals surface area contributed by atoms with E-state index in [1.165, 1.54) is 0 Å².